The Labute approximate surface area is 87.9 Å². The van der Waals surface area contributed by atoms with Crippen molar-refractivity contribution in [2.24, 2.45) is 0 Å². The summed E-state index contributed by atoms with van der Waals surface area (Å²) in [6, 6.07) is 0. The second-order valence-corrected chi connectivity index (χ2v) is 3.37. The molecule has 1 aromatic rings. The standard InChI is InChI=1S/C11H12ClNO/c1-3-10(12)5-4-9-7-13-6-8(2)11(9)14/h3-7H,1-2H3,(H,13,14)/b5-4-,10-3+. The summed E-state index contributed by atoms with van der Waals surface area (Å²) in [7, 11) is 0. The zero-order chi connectivity index (χ0) is 10.6. The van der Waals surface area contributed by atoms with E-state index in [4.69, 9.17) is 11.6 Å². The molecule has 0 fully saturated rings. The first kappa shape index (κ1) is 10.8. The summed E-state index contributed by atoms with van der Waals surface area (Å²) in [4.78, 5) is 14.4. The molecule has 0 radical (unpaired) electrons. The van der Waals surface area contributed by atoms with Crippen LogP contribution in [0, 0.1) is 6.92 Å². The SMILES string of the molecule is C/C=C(Cl)\C=C/c1c[nH]cc(C)c1=O. The summed E-state index contributed by atoms with van der Waals surface area (Å²) in [6.07, 6.45) is 8.50. The number of hydrogen-bond donors (Lipinski definition) is 1. The largest absolute Gasteiger partial charge is 0.367 e. The Morgan fingerprint density at radius 1 is 1.50 bits per heavy atom. The number of nitrogens with one attached hydrogen (secondary N) is 1. The summed E-state index contributed by atoms with van der Waals surface area (Å²) >= 11 is 5.77. The Kier molecular flexibility index (Phi) is 3.72. The molecule has 2 nitrogen and oxygen atoms in total. The van der Waals surface area contributed by atoms with Crippen molar-refractivity contribution < 1.29 is 0 Å². The van der Waals surface area contributed by atoms with Crippen LogP contribution < -0.4 is 5.43 Å². The van der Waals surface area contributed by atoms with E-state index in [-0.39, 0.29) is 5.43 Å². The fourth-order valence-corrected chi connectivity index (χ4v) is 1.07. The van der Waals surface area contributed by atoms with Gasteiger partial charge in [-0.05, 0) is 26.0 Å². The van der Waals surface area contributed by atoms with Crippen LogP contribution in [0.1, 0.15) is 18.1 Å². The molecular formula is C11H12ClNO. The number of aryl methyl sites for hydroxylation is 1. The summed E-state index contributed by atoms with van der Waals surface area (Å²) in [5.74, 6) is 0. The van der Waals surface area contributed by atoms with Crippen LogP contribution in [0.2, 0.25) is 0 Å². The maximum atomic E-state index is 11.5. The molecule has 0 saturated carbocycles. The highest BCUT2D eigenvalue weighted by molar-refractivity contribution is 6.31. The van der Waals surface area contributed by atoms with Crippen molar-refractivity contribution >= 4 is 17.7 Å². The van der Waals surface area contributed by atoms with Crippen LogP contribution in [0.15, 0.2) is 34.4 Å². The topological polar surface area (TPSA) is 32.9 Å². The van der Waals surface area contributed by atoms with Crippen LogP contribution in [0.3, 0.4) is 0 Å². The molecule has 0 aromatic carbocycles. The zero-order valence-corrected chi connectivity index (χ0v) is 8.93. The number of pyridine rings is 1. The molecule has 0 aliphatic heterocycles. The molecule has 1 rings (SSSR count). The van der Waals surface area contributed by atoms with E-state index in [1.54, 1.807) is 37.5 Å². The first-order chi connectivity index (χ1) is 6.65. The quantitative estimate of drug-likeness (QED) is 0.747. The van der Waals surface area contributed by atoms with E-state index >= 15 is 0 Å². The molecule has 1 N–H and O–H groups in total. The van der Waals surface area contributed by atoms with Crippen molar-refractivity contribution in [2.45, 2.75) is 13.8 Å². The Hall–Kier alpha value is -1.28. The Bertz CT molecular complexity index is 429. The molecule has 0 unspecified atom stereocenters. The normalized spacial score (nSPS) is 12.4. The minimum Gasteiger partial charge on any atom is -0.367 e. The first-order valence-electron chi connectivity index (χ1n) is 4.32. The van der Waals surface area contributed by atoms with Gasteiger partial charge in [0.15, 0.2) is 5.43 Å². The van der Waals surface area contributed by atoms with E-state index in [0.29, 0.717) is 16.2 Å². The van der Waals surface area contributed by atoms with Crippen LogP contribution >= 0.6 is 11.6 Å². The van der Waals surface area contributed by atoms with Gasteiger partial charge in [0.25, 0.3) is 0 Å². The monoisotopic (exact) mass is 209 g/mol. The highest BCUT2D eigenvalue weighted by Gasteiger charge is 1.96. The fraction of sp³-hybridized carbons (Fsp3) is 0.182. The fourth-order valence-electron chi connectivity index (χ4n) is 1.00. The molecular weight excluding hydrogens is 198 g/mol. The number of halogens is 1. The highest BCUT2D eigenvalue weighted by atomic mass is 35.5. The third kappa shape index (κ3) is 2.60. The predicted octanol–water partition coefficient (Wildman–Crippen LogP) is 2.84. The van der Waals surface area contributed by atoms with Gasteiger partial charge < -0.3 is 4.98 Å². The molecule has 0 spiro atoms. The minimum absolute atomic E-state index is 0.0283. The van der Waals surface area contributed by atoms with Crippen molar-refractivity contribution in [3.63, 3.8) is 0 Å². The van der Waals surface area contributed by atoms with E-state index in [9.17, 15) is 4.79 Å². The van der Waals surface area contributed by atoms with Gasteiger partial charge in [0.1, 0.15) is 0 Å². The molecule has 1 aromatic heterocycles. The summed E-state index contributed by atoms with van der Waals surface area (Å²) in [6.45, 7) is 3.61. The molecule has 0 atom stereocenters. The van der Waals surface area contributed by atoms with Gasteiger partial charge in [-0.2, -0.15) is 0 Å². The van der Waals surface area contributed by atoms with Gasteiger partial charge in [-0.1, -0.05) is 17.7 Å². The van der Waals surface area contributed by atoms with Gasteiger partial charge in [-0.15, -0.1) is 0 Å². The maximum Gasteiger partial charge on any atom is 0.191 e. The molecule has 0 bridgehead atoms. The number of rotatable bonds is 2. The van der Waals surface area contributed by atoms with Gasteiger partial charge in [0, 0.05) is 28.6 Å². The molecule has 3 heteroatoms. The van der Waals surface area contributed by atoms with Crippen molar-refractivity contribution in [3.8, 4) is 0 Å². The van der Waals surface area contributed by atoms with E-state index in [0.717, 1.165) is 0 Å². The Morgan fingerprint density at radius 2 is 2.21 bits per heavy atom. The lowest BCUT2D eigenvalue weighted by Crippen LogP contribution is -2.08. The maximum absolute atomic E-state index is 11.5. The zero-order valence-electron chi connectivity index (χ0n) is 8.17. The predicted molar refractivity (Wildman–Crippen MR) is 60.4 cm³/mol. The highest BCUT2D eigenvalue weighted by Crippen LogP contribution is 2.05. The smallest absolute Gasteiger partial charge is 0.191 e. The average Bonchev–Trinajstić information content (AvgIpc) is 2.20. The van der Waals surface area contributed by atoms with Crippen molar-refractivity contribution in [3.05, 3.63) is 50.9 Å². The molecule has 74 valence electrons. The average molecular weight is 210 g/mol. The Morgan fingerprint density at radius 3 is 2.86 bits per heavy atom. The Balaban J connectivity index is 3.04. The lowest BCUT2D eigenvalue weighted by Gasteiger charge is -1.94. The number of aromatic amines is 1. The minimum atomic E-state index is 0.0283. The lowest BCUT2D eigenvalue weighted by molar-refractivity contribution is 1.22. The number of allylic oxidation sites excluding steroid dienone is 3. The van der Waals surface area contributed by atoms with Crippen LogP contribution in [-0.4, -0.2) is 4.98 Å². The van der Waals surface area contributed by atoms with Crippen molar-refractivity contribution in [1.29, 1.82) is 0 Å². The van der Waals surface area contributed by atoms with E-state index in [1.165, 1.54) is 0 Å². The second-order valence-electron chi connectivity index (χ2n) is 2.93. The van der Waals surface area contributed by atoms with Crippen LogP contribution in [0.5, 0.6) is 0 Å². The third-order valence-electron chi connectivity index (χ3n) is 1.86. The van der Waals surface area contributed by atoms with Gasteiger partial charge in [0.2, 0.25) is 0 Å². The van der Waals surface area contributed by atoms with Crippen LogP contribution in [0.4, 0.5) is 0 Å². The van der Waals surface area contributed by atoms with Crippen LogP contribution in [0.25, 0.3) is 6.08 Å². The molecule has 0 aliphatic rings. The third-order valence-corrected chi connectivity index (χ3v) is 2.20. The van der Waals surface area contributed by atoms with Crippen molar-refractivity contribution in [2.75, 3.05) is 0 Å². The lowest BCUT2D eigenvalue weighted by atomic mass is 10.2. The van der Waals surface area contributed by atoms with Gasteiger partial charge in [0.05, 0.1) is 0 Å². The second kappa shape index (κ2) is 4.82. The van der Waals surface area contributed by atoms with E-state index in [2.05, 4.69) is 4.98 Å². The van der Waals surface area contributed by atoms with Gasteiger partial charge in [-0.25, -0.2) is 0 Å². The van der Waals surface area contributed by atoms with E-state index < -0.39 is 0 Å². The molecule has 0 amide bonds. The summed E-state index contributed by atoms with van der Waals surface area (Å²) in [5.41, 5.74) is 1.34. The number of H-pyrrole nitrogens is 1. The summed E-state index contributed by atoms with van der Waals surface area (Å²) < 4.78 is 0. The first-order valence-corrected chi connectivity index (χ1v) is 4.70. The molecule has 0 saturated heterocycles. The van der Waals surface area contributed by atoms with Crippen molar-refractivity contribution in [1.82, 2.24) is 4.98 Å². The number of hydrogen-bond acceptors (Lipinski definition) is 1. The number of aromatic nitrogens is 1. The van der Waals surface area contributed by atoms with Gasteiger partial charge >= 0.3 is 0 Å². The van der Waals surface area contributed by atoms with E-state index in [1.807, 2.05) is 6.92 Å². The molecule has 0 aliphatic carbocycles. The molecule has 14 heavy (non-hydrogen) atoms. The van der Waals surface area contributed by atoms with Gasteiger partial charge in [-0.3, -0.25) is 4.79 Å². The molecule has 1 heterocycles. The summed E-state index contributed by atoms with van der Waals surface area (Å²) in [5, 5.41) is 0.617. The van der Waals surface area contributed by atoms with Crippen LogP contribution in [-0.2, 0) is 0 Å².